The van der Waals surface area contributed by atoms with E-state index in [0.717, 1.165) is 0 Å². The molecule has 1 rings (SSSR count). The van der Waals surface area contributed by atoms with Crippen molar-refractivity contribution in [2.24, 2.45) is 0 Å². The maximum atomic E-state index is 12.3. The van der Waals surface area contributed by atoms with E-state index in [1.165, 1.54) is 12.5 Å². The number of nitrogens with zero attached hydrogens (tertiary/aromatic N) is 2. The second-order valence-corrected chi connectivity index (χ2v) is 16.7. The molecular weight excluding hydrogens is 374 g/mol. The summed E-state index contributed by atoms with van der Waals surface area (Å²) < 4.78 is 24.6. The molecule has 7 heteroatoms. The van der Waals surface area contributed by atoms with Gasteiger partial charge in [-0.05, 0) is 37.4 Å². The summed E-state index contributed by atoms with van der Waals surface area (Å²) in [4.78, 5) is 8.57. The van der Waals surface area contributed by atoms with Gasteiger partial charge in [-0.1, -0.05) is 47.5 Å². The Bertz CT molecular complexity index is 807. The zero-order valence-corrected chi connectivity index (χ0v) is 20.2. The predicted molar refractivity (Wildman–Crippen MR) is 116 cm³/mol. The summed E-state index contributed by atoms with van der Waals surface area (Å²) in [6.45, 7) is 19.3. The van der Waals surface area contributed by atoms with E-state index in [0.29, 0.717) is 28.1 Å². The first-order valence-electron chi connectivity index (χ1n) is 9.49. The van der Waals surface area contributed by atoms with Crippen LogP contribution in [0.25, 0.3) is 0 Å². The van der Waals surface area contributed by atoms with E-state index < -0.39 is 17.9 Å². The van der Waals surface area contributed by atoms with Gasteiger partial charge in [0.1, 0.15) is 8.07 Å². The van der Waals surface area contributed by atoms with Gasteiger partial charge in [-0.15, -0.1) is 5.54 Å². The molecule has 152 valence electrons. The van der Waals surface area contributed by atoms with Gasteiger partial charge in [-0.2, -0.15) is 4.98 Å². The van der Waals surface area contributed by atoms with Crippen LogP contribution >= 0.6 is 0 Å². The highest BCUT2D eigenvalue weighted by molar-refractivity contribution is 7.90. The van der Waals surface area contributed by atoms with Crippen molar-refractivity contribution in [1.29, 1.82) is 0 Å². The number of hydrogen-bond donors (Lipinski definition) is 1. The van der Waals surface area contributed by atoms with E-state index in [4.69, 9.17) is 0 Å². The fourth-order valence-corrected chi connectivity index (χ4v) is 9.71. The average Bonchev–Trinajstić information content (AvgIpc) is 2.45. The van der Waals surface area contributed by atoms with E-state index in [9.17, 15) is 8.42 Å². The third-order valence-corrected chi connectivity index (χ3v) is 12.2. The molecule has 0 radical (unpaired) electrons. The zero-order chi connectivity index (χ0) is 21.2. The Morgan fingerprint density at radius 3 is 1.89 bits per heavy atom. The summed E-state index contributed by atoms with van der Waals surface area (Å²) in [5.41, 5.74) is 5.07. The fourth-order valence-electron chi connectivity index (χ4n) is 3.74. The maximum Gasteiger partial charge on any atom is 0.224 e. The Balaban J connectivity index is 3.58. The van der Waals surface area contributed by atoms with Crippen molar-refractivity contribution >= 4 is 23.9 Å². The van der Waals surface area contributed by atoms with Crippen molar-refractivity contribution < 1.29 is 8.42 Å². The molecule has 0 spiro atoms. The van der Waals surface area contributed by atoms with Gasteiger partial charge >= 0.3 is 0 Å². The minimum atomic E-state index is -3.52. The lowest BCUT2D eigenvalue weighted by Gasteiger charge is -2.38. The van der Waals surface area contributed by atoms with Gasteiger partial charge in [0.2, 0.25) is 5.95 Å². The smallest absolute Gasteiger partial charge is 0.224 e. The molecular formula is C20H35N3O2SSi. The highest BCUT2D eigenvalue weighted by Crippen LogP contribution is 2.40. The van der Waals surface area contributed by atoms with Gasteiger partial charge in [0.15, 0.2) is 14.9 Å². The average molecular weight is 410 g/mol. The highest BCUT2D eigenvalue weighted by Gasteiger charge is 2.41. The van der Waals surface area contributed by atoms with Crippen LogP contribution in [0.2, 0.25) is 16.6 Å². The number of nitrogens with one attached hydrogen (secondary N) is 1. The Morgan fingerprint density at radius 2 is 1.52 bits per heavy atom. The fraction of sp³-hybridized carbons (Fsp3) is 0.700. The first-order valence-corrected chi connectivity index (χ1v) is 13.6. The van der Waals surface area contributed by atoms with Crippen molar-refractivity contribution in [2.45, 2.75) is 89.5 Å². The summed E-state index contributed by atoms with van der Waals surface area (Å²) in [5.74, 6) is 3.47. The number of aromatic nitrogens is 2. The van der Waals surface area contributed by atoms with E-state index in [1.807, 2.05) is 20.8 Å². The molecule has 0 aliphatic carbocycles. The van der Waals surface area contributed by atoms with Gasteiger partial charge in [-0.25, -0.2) is 13.4 Å². The third kappa shape index (κ3) is 5.79. The molecule has 0 aromatic carbocycles. The summed E-state index contributed by atoms with van der Waals surface area (Å²) in [6, 6.07) is 0. The van der Waals surface area contributed by atoms with Gasteiger partial charge in [0.05, 0.1) is 5.56 Å². The third-order valence-electron chi connectivity index (χ3n) is 4.87. The molecule has 0 aliphatic rings. The maximum absolute atomic E-state index is 12.3. The van der Waals surface area contributed by atoms with Gasteiger partial charge < -0.3 is 5.32 Å². The van der Waals surface area contributed by atoms with Gasteiger partial charge in [0.25, 0.3) is 0 Å². The lowest BCUT2D eigenvalue weighted by molar-refractivity contribution is 0.595. The molecule has 1 aromatic heterocycles. The minimum Gasteiger partial charge on any atom is -0.350 e. The number of anilines is 1. The summed E-state index contributed by atoms with van der Waals surface area (Å²) in [6.07, 6.45) is 2.70. The van der Waals surface area contributed by atoms with Crippen LogP contribution in [-0.2, 0) is 9.84 Å². The Morgan fingerprint density at radius 1 is 1.04 bits per heavy atom. The molecule has 0 saturated carbocycles. The monoisotopic (exact) mass is 409 g/mol. The van der Waals surface area contributed by atoms with E-state index in [2.05, 4.69) is 68.3 Å². The van der Waals surface area contributed by atoms with Gasteiger partial charge in [0, 0.05) is 18.0 Å². The van der Waals surface area contributed by atoms with Crippen molar-refractivity contribution in [1.82, 2.24) is 9.97 Å². The lowest BCUT2D eigenvalue weighted by Crippen LogP contribution is -2.43. The summed E-state index contributed by atoms with van der Waals surface area (Å²) >= 11 is 0. The molecule has 1 N–H and O–H groups in total. The van der Waals surface area contributed by atoms with Crippen LogP contribution in [-0.4, -0.2) is 38.3 Å². The van der Waals surface area contributed by atoms with Crippen LogP contribution in [0, 0.1) is 11.5 Å². The second kappa shape index (κ2) is 8.32. The predicted octanol–water partition coefficient (Wildman–Crippen LogP) is 4.66. The van der Waals surface area contributed by atoms with Crippen molar-refractivity contribution in [2.75, 3.05) is 11.6 Å². The Hall–Kier alpha value is -1.39. The van der Waals surface area contributed by atoms with Crippen LogP contribution < -0.4 is 5.32 Å². The van der Waals surface area contributed by atoms with Crippen LogP contribution in [0.1, 0.15) is 67.9 Å². The first kappa shape index (κ1) is 23.6. The van der Waals surface area contributed by atoms with E-state index in [1.54, 1.807) is 0 Å². The van der Waals surface area contributed by atoms with Crippen LogP contribution in [0.3, 0.4) is 0 Å². The normalized spacial score (nSPS) is 13.1. The molecule has 0 bridgehead atoms. The Kier molecular flexibility index (Phi) is 7.28. The standard InChI is InChI=1S/C20H35N3O2SSi/c1-14(2)27(15(3)4,16(5)6)12-11-17-13-21-19(23-20(7,8)9)22-18(17)26(10,24)25/h13-16H,1-10H3,(H,21,22,23). The number of rotatable bonds is 5. The van der Waals surface area contributed by atoms with Crippen LogP contribution in [0.15, 0.2) is 11.2 Å². The molecule has 0 fully saturated rings. The van der Waals surface area contributed by atoms with Crippen LogP contribution in [0.5, 0.6) is 0 Å². The molecule has 5 nitrogen and oxygen atoms in total. The molecule has 0 saturated heterocycles. The lowest BCUT2D eigenvalue weighted by atomic mass is 10.1. The molecule has 27 heavy (non-hydrogen) atoms. The SMILES string of the molecule is CC(C)[Si](C#Cc1cnc(NC(C)(C)C)nc1S(C)(=O)=O)(C(C)C)C(C)C. The Labute approximate surface area is 166 Å². The van der Waals surface area contributed by atoms with E-state index in [-0.39, 0.29) is 10.6 Å². The van der Waals surface area contributed by atoms with Gasteiger partial charge in [-0.3, -0.25) is 0 Å². The van der Waals surface area contributed by atoms with E-state index >= 15 is 0 Å². The quantitative estimate of drug-likeness (QED) is 0.435. The molecule has 0 unspecified atom stereocenters. The molecule has 1 heterocycles. The second-order valence-electron chi connectivity index (χ2n) is 9.21. The van der Waals surface area contributed by atoms with Crippen molar-refractivity contribution in [3.63, 3.8) is 0 Å². The minimum absolute atomic E-state index is 0.00378. The molecule has 0 atom stereocenters. The van der Waals surface area contributed by atoms with Crippen molar-refractivity contribution in [3.8, 4) is 11.5 Å². The topological polar surface area (TPSA) is 72.0 Å². The number of sulfone groups is 1. The summed E-state index contributed by atoms with van der Waals surface area (Å²) in [5, 5.41) is 3.12. The van der Waals surface area contributed by atoms with Crippen molar-refractivity contribution in [3.05, 3.63) is 11.8 Å². The zero-order valence-electron chi connectivity index (χ0n) is 18.4. The summed E-state index contributed by atoms with van der Waals surface area (Å²) in [7, 11) is -5.49. The van der Waals surface area contributed by atoms with Crippen LogP contribution in [0.4, 0.5) is 5.95 Å². The number of hydrogen-bond acceptors (Lipinski definition) is 5. The first-order chi connectivity index (χ1) is 12.1. The molecule has 0 aliphatic heterocycles. The largest absolute Gasteiger partial charge is 0.350 e. The molecule has 1 aromatic rings. The molecule has 0 amide bonds. The highest BCUT2D eigenvalue weighted by atomic mass is 32.2.